The third-order valence-electron chi connectivity index (χ3n) is 6.82. The number of carbonyl (C=O) groups is 2. The number of thiophene rings is 1. The normalized spacial score (nSPS) is 15.8. The molecule has 2 aromatic carbocycles. The molecule has 0 fully saturated rings. The Morgan fingerprint density at radius 3 is 2.69 bits per heavy atom. The molecule has 2 amide bonds. The lowest BCUT2D eigenvalue weighted by Crippen LogP contribution is -2.48. The predicted molar refractivity (Wildman–Crippen MR) is 146 cm³/mol. The van der Waals surface area contributed by atoms with Crippen LogP contribution in [0.4, 0.5) is 0 Å². The van der Waals surface area contributed by atoms with Crippen LogP contribution in [0, 0.1) is 12.8 Å². The average Bonchev–Trinajstić information content (AvgIpc) is 3.38. The van der Waals surface area contributed by atoms with E-state index in [0.29, 0.717) is 36.2 Å². The van der Waals surface area contributed by atoms with Crippen molar-refractivity contribution in [2.75, 3.05) is 26.2 Å². The van der Waals surface area contributed by atoms with Gasteiger partial charge in [0, 0.05) is 28.6 Å². The first-order valence-electron chi connectivity index (χ1n) is 12.5. The van der Waals surface area contributed by atoms with Crippen molar-refractivity contribution < 1.29 is 14.3 Å². The maximum absolute atomic E-state index is 13.7. The van der Waals surface area contributed by atoms with Gasteiger partial charge in [-0.3, -0.25) is 9.59 Å². The molecule has 36 heavy (non-hydrogen) atoms. The number of ether oxygens (including phenoxy) is 1. The first-order chi connectivity index (χ1) is 17.4. The molecule has 0 unspecified atom stereocenters. The van der Waals surface area contributed by atoms with E-state index in [4.69, 9.17) is 16.3 Å². The number of amides is 2. The van der Waals surface area contributed by atoms with Gasteiger partial charge in [0.2, 0.25) is 5.91 Å². The minimum Gasteiger partial charge on any atom is -0.491 e. The summed E-state index contributed by atoms with van der Waals surface area (Å²) in [5, 5.41) is 2.77. The molecule has 0 aliphatic carbocycles. The molecule has 7 heteroatoms. The van der Waals surface area contributed by atoms with Gasteiger partial charge in [0.1, 0.15) is 18.9 Å². The number of rotatable bonds is 9. The van der Waals surface area contributed by atoms with Crippen LogP contribution in [0.5, 0.6) is 5.75 Å². The fraction of sp³-hybridized carbons (Fsp3) is 0.379. The summed E-state index contributed by atoms with van der Waals surface area (Å²) in [6.07, 6.45) is 1.75. The molecule has 0 N–H and O–H groups in total. The molecule has 2 atom stereocenters. The summed E-state index contributed by atoms with van der Waals surface area (Å²) < 4.78 is 6.16. The van der Waals surface area contributed by atoms with E-state index in [0.717, 1.165) is 29.7 Å². The largest absolute Gasteiger partial charge is 0.491 e. The molecule has 3 aromatic rings. The minimum absolute atomic E-state index is 0.0497. The SMILES string of the molecule is CC[C@H](C)CN(CC(=O)N1CCc2sccc2[C@H]1COc1ccc(Cl)c(C)c1)C(=O)c1ccccc1. The van der Waals surface area contributed by atoms with E-state index < -0.39 is 0 Å². The lowest BCUT2D eigenvalue weighted by atomic mass is 10.00. The molecule has 1 aliphatic rings. The summed E-state index contributed by atoms with van der Waals surface area (Å²) in [4.78, 5) is 32.0. The highest BCUT2D eigenvalue weighted by atomic mass is 35.5. The quantitative estimate of drug-likeness (QED) is 0.325. The molecule has 0 saturated heterocycles. The van der Waals surface area contributed by atoms with E-state index in [1.165, 1.54) is 4.88 Å². The smallest absolute Gasteiger partial charge is 0.254 e. The Hall–Kier alpha value is -2.83. The van der Waals surface area contributed by atoms with Crippen molar-refractivity contribution >= 4 is 34.8 Å². The number of halogens is 1. The van der Waals surface area contributed by atoms with Gasteiger partial charge in [0.05, 0.1) is 6.04 Å². The van der Waals surface area contributed by atoms with E-state index in [9.17, 15) is 9.59 Å². The molecule has 0 radical (unpaired) electrons. The van der Waals surface area contributed by atoms with E-state index >= 15 is 0 Å². The molecule has 0 saturated carbocycles. The van der Waals surface area contributed by atoms with Gasteiger partial charge < -0.3 is 14.5 Å². The number of benzene rings is 2. The molecular weight excluding hydrogens is 492 g/mol. The van der Waals surface area contributed by atoms with Gasteiger partial charge in [-0.1, -0.05) is 50.1 Å². The number of hydrogen-bond acceptors (Lipinski definition) is 4. The van der Waals surface area contributed by atoms with E-state index in [2.05, 4.69) is 25.3 Å². The van der Waals surface area contributed by atoms with E-state index in [-0.39, 0.29) is 24.4 Å². The van der Waals surface area contributed by atoms with Crippen LogP contribution in [0.2, 0.25) is 5.02 Å². The molecule has 5 nitrogen and oxygen atoms in total. The number of fused-ring (bicyclic) bond motifs is 1. The Morgan fingerprint density at radius 1 is 1.19 bits per heavy atom. The second kappa shape index (κ2) is 11.9. The van der Waals surface area contributed by atoms with Crippen molar-refractivity contribution in [3.63, 3.8) is 0 Å². The highest BCUT2D eigenvalue weighted by Crippen LogP contribution is 2.34. The maximum atomic E-state index is 13.7. The van der Waals surface area contributed by atoms with E-state index in [1.54, 1.807) is 28.4 Å². The predicted octanol–water partition coefficient (Wildman–Crippen LogP) is 6.40. The van der Waals surface area contributed by atoms with Crippen LogP contribution in [-0.4, -0.2) is 47.9 Å². The Morgan fingerprint density at radius 2 is 1.97 bits per heavy atom. The molecular formula is C29H33ClN2O3S. The summed E-state index contributed by atoms with van der Waals surface area (Å²) in [5.41, 5.74) is 2.68. The molecule has 1 aliphatic heterocycles. The summed E-state index contributed by atoms with van der Waals surface area (Å²) in [6, 6.07) is 16.7. The van der Waals surface area contributed by atoms with Crippen LogP contribution in [-0.2, 0) is 11.2 Å². The fourth-order valence-corrected chi connectivity index (χ4v) is 5.54. The van der Waals surface area contributed by atoms with Crippen LogP contribution in [0.25, 0.3) is 0 Å². The summed E-state index contributed by atoms with van der Waals surface area (Å²) >= 11 is 7.89. The first kappa shape index (κ1) is 26.2. The number of carbonyl (C=O) groups excluding carboxylic acids is 2. The first-order valence-corrected chi connectivity index (χ1v) is 13.7. The molecule has 0 bridgehead atoms. The zero-order valence-electron chi connectivity index (χ0n) is 21.1. The maximum Gasteiger partial charge on any atom is 0.254 e. The van der Waals surface area contributed by atoms with Gasteiger partial charge in [-0.25, -0.2) is 0 Å². The molecule has 1 aromatic heterocycles. The Bertz CT molecular complexity index is 1200. The minimum atomic E-state index is -0.208. The van der Waals surface area contributed by atoms with Crippen molar-refractivity contribution in [3.05, 3.63) is 86.6 Å². The monoisotopic (exact) mass is 524 g/mol. The van der Waals surface area contributed by atoms with Crippen molar-refractivity contribution in [1.29, 1.82) is 0 Å². The van der Waals surface area contributed by atoms with Crippen LogP contribution in [0.15, 0.2) is 60.0 Å². The highest BCUT2D eigenvalue weighted by Gasteiger charge is 2.34. The molecule has 0 spiro atoms. The van der Waals surface area contributed by atoms with Gasteiger partial charge in [0.15, 0.2) is 0 Å². The standard InChI is InChI=1S/C29H33ClN2O3S/c1-4-20(2)17-31(29(34)22-8-6-5-7-9-22)18-28(33)32-14-12-27-24(13-15-36-27)26(32)19-35-23-10-11-25(30)21(3)16-23/h5-11,13,15-16,20,26H,4,12,14,17-19H2,1-3H3/t20-,26+/m0/s1. The topological polar surface area (TPSA) is 49.9 Å². The molecule has 190 valence electrons. The Kier molecular flexibility index (Phi) is 8.70. The van der Waals surface area contributed by atoms with Crippen molar-refractivity contribution in [1.82, 2.24) is 9.80 Å². The Labute approximate surface area is 222 Å². The third kappa shape index (κ3) is 6.11. The number of nitrogens with zero attached hydrogens (tertiary/aromatic N) is 2. The average molecular weight is 525 g/mol. The lowest BCUT2D eigenvalue weighted by molar-refractivity contribution is -0.135. The van der Waals surface area contributed by atoms with Gasteiger partial charge in [-0.05, 0) is 72.2 Å². The fourth-order valence-electron chi connectivity index (χ4n) is 4.50. The number of hydrogen-bond donors (Lipinski definition) is 0. The molecule has 4 rings (SSSR count). The lowest BCUT2D eigenvalue weighted by Gasteiger charge is -2.37. The highest BCUT2D eigenvalue weighted by molar-refractivity contribution is 7.10. The second-order valence-corrected chi connectivity index (χ2v) is 10.8. The van der Waals surface area contributed by atoms with Gasteiger partial charge >= 0.3 is 0 Å². The van der Waals surface area contributed by atoms with Gasteiger partial charge in [-0.15, -0.1) is 11.3 Å². The third-order valence-corrected chi connectivity index (χ3v) is 8.24. The molecule has 2 heterocycles. The van der Waals surface area contributed by atoms with Gasteiger partial charge in [-0.2, -0.15) is 0 Å². The summed E-state index contributed by atoms with van der Waals surface area (Å²) in [5.74, 6) is 0.856. The zero-order chi connectivity index (χ0) is 25.7. The van der Waals surface area contributed by atoms with E-state index in [1.807, 2.05) is 48.2 Å². The van der Waals surface area contributed by atoms with Crippen molar-refractivity contribution in [2.24, 2.45) is 5.92 Å². The van der Waals surface area contributed by atoms with Crippen LogP contribution in [0.1, 0.15) is 52.7 Å². The zero-order valence-corrected chi connectivity index (χ0v) is 22.6. The van der Waals surface area contributed by atoms with Crippen LogP contribution in [0.3, 0.4) is 0 Å². The summed E-state index contributed by atoms with van der Waals surface area (Å²) in [7, 11) is 0. The van der Waals surface area contributed by atoms with Crippen molar-refractivity contribution in [3.8, 4) is 5.75 Å². The Balaban J connectivity index is 1.54. The van der Waals surface area contributed by atoms with Crippen LogP contribution < -0.4 is 4.74 Å². The van der Waals surface area contributed by atoms with Crippen molar-refractivity contribution in [2.45, 2.75) is 39.7 Å². The van der Waals surface area contributed by atoms with Gasteiger partial charge in [0.25, 0.3) is 5.91 Å². The second-order valence-electron chi connectivity index (χ2n) is 9.44. The number of aryl methyl sites for hydroxylation is 1. The summed E-state index contributed by atoms with van der Waals surface area (Å²) in [6.45, 7) is 7.70. The van der Waals surface area contributed by atoms with Crippen LogP contribution >= 0.6 is 22.9 Å².